The Morgan fingerprint density at radius 1 is 1.00 bits per heavy atom. The summed E-state index contributed by atoms with van der Waals surface area (Å²) in [5.74, 6) is 0.803. The zero-order chi connectivity index (χ0) is 14.7. The number of hydrogen-bond acceptors (Lipinski definition) is 3. The highest BCUT2D eigenvalue weighted by molar-refractivity contribution is 5.80. The van der Waals surface area contributed by atoms with Crippen molar-refractivity contribution in [1.82, 2.24) is 0 Å². The Bertz CT molecular complexity index is 842. The lowest BCUT2D eigenvalue weighted by atomic mass is 10.1. The third kappa shape index (κ3) is 2.72. The first kappa shape index (κ1) is 13.2. The highest BCUT2D eigenvalue weighted by Gasteiger charge is 2.03. The molecule has 0 saturated carbocycles. The zero-order valence-corrected chi connectivity index (χ0v) is 11.6. The minimum absolute atomic E-state index is 0.0263. The summed E-state index contributed by atoms with van der Waals surface area (Å²) in [6, 6.07) is 14.8. The van der Waals surface area contributed by atoms with Crippen LogP contribution in [0.5, 0.6) is 5.75 Å². The zero-order valence-electron chi connectivity index (χ0n) is 11.6. The van der Waals surface area contributed by atoms with Crippen molar-refractivity contribution in [2.24, 2.45) is 0 Å². The first-order valence-corrected chi connectivity index (χ1v) is 6.60. The van der Waals surface area contributed by atoms with Gasteiger partial charge in [0.2, 0.25) is 0 Å². The minimum atomic E-state index is -0.0263. The molecule has 0 bridgehead atoms. The van der Waals surface area contributed by atoms with Crippen LogP contribution >= 0.6 is 0 Å². The van der Waals surface area contributed by atoms with E-state index in [1.807, 2.05) is 42.5 Å². The summed E-state index contributed by atoms with van der Waals surface area (Å²) in [5, 5.41) is 0.592. The van der Waals surface area contributed by atoms with Gasteiger partial charge < -0.3 is 9.15 Å². The third-order valence-electron chi connectivity index (χ3n) is 3.28. The summed E-state index contributed by atoms with van der Waals surface area (Å²) in [6.45, 7) is 0. The van der Waals surface area contributed by atoms with E-state index in [1.165, 1.54) is 6.26 Å². The standard InChI is InChI=1S/C18H14O3/c1-20-15-10-7-13(8-11-15)6-9-14-12-21-17-5-3-2-4-16(17)18(14)19/h2-12H,1H3/b9-6+. The van der Waals surface area contributed by atoms with Crippen LogP contribution in [-0.4, -0.2) is 7.11 Å². The average molecular weight is 278 g/mol. The fraction of sp³-hybridized carbons (Fsp3) is 0.0556. The van der Waals surface area contributed by atoms with E-state index in [0.717, 1.165) is 11.3 Å². The summed E-state index contributed by atoms with van der Waals surface area (Å²) >= 11 is 0. The lowest BCUT2D eigenvalue weighted by Crippen LogP contribution is -2.04. The number of methoxy groups -OCH3 is 1. The molecule has 0 radical (unpaired) electrons. The molecule has 0 fully saturated rings. The van der Waals surface area contributed by atoms with E-state index in [1.54, 1.807) is 25.3 Å². The van der Waals surface area contributed by atoms with Gasteiger partial charge in [-0.3, -0.25) is 4.79 Å². The Labute approximate surface area is 122 Å². The van der Waals surface area contributed by atoms with Gasteiger partial charge in [0, 0.05) is 0 Å². The Balaban J connectivity index is 1.95. The lowest BCUT2D eigenvalue weighted by Gasteiger charge is -2.00. The molecule has 0 unspecified atom stereocenters. The van der Waals surface area contributed by atoms with Gasteiger partial charge in [0.15, 0.2) is 5.43 Å². The van der Waals surface area contributed by atoms with Gasteiger partial charge in [-0.15, -0.1) is 0 Å². The number of para-hydroxylation sites is 1. The van der Waals surface area contributed by atoms with Gasteiger partial charge >= 0.3 is 0 Å². The second-order valence-corrected chi connectivity index (χ2v) is 4.62. The monoisotopic (exact) mass is 278 g/mol. The van der Waals surface area contributed by atoms with Crippen molar-refractivity contribution in [3.8, 4) is 5.75 Å². The minimum Gasteiger partial charge on any atom is -0.497 e. The fourth-order valence-corrected chi connectivity index (χ4v) is 2.11. The largest absolute Gasteiger partial charge is 0.497 e. The van der Waals surface area contributed by atoms with Gasteiger partial charge in [0.25, 0.3) is 0 Å². The number of benzene rings is 2. The van der Waals surface area contributed by atoms with Crippen LogP contribution in [-0.2, 0) is 0 Å². The van der Waals surface area contributed by atoms with E-state index in [4.69, 9.17) is 9.15 Å². The summed E-state index contributed by atoms with van der Waals surface area (Å²) in [6.07, 6.45) is 5.13. The molecule has 0 spiro atoms. The quantitative estimate of drug-likeness (QED) is 0.727. The van der Waals surface area contributed by atoms with Crippen LogP contribution in [0.25, 0.3) is 23.1 Å². The van der Waals surface area contributed by atoms with Crippen molar-refractivity contribution in [2.75, 3.05) is 7.11 Å². The first-order chi connectivity index (χ1) is 10.3. The van der Waals surface area contributed by atoms with Crippen LogP contribution in [0.15, 0.2) is 64.0 Å². The maximum absolute atomic E-state index is 12.3. The molecular formula is C18H14O3. The van der Waals surface area contributed by atoms with Gasteiger partial charge in [-0.25, -0.2) is 0 Å². The van der Waals surface area contributed by atoms with Crippen molar-refractivity contribution in [2.45, 2.75) is 0 Å². The molecule has 2 aromatic carbocycles. The van der Waals surface area contributed by atoms with E-state index in [2.05, 4.69) is 0 Å². The molecule has 1 aromatic heterocycles. The van der Waals surface area contributed by atoms with Crippen LogP contribution in [0, 0.1) is 0 Å². The van der Waals surface area contributed by atoms with Crippen LogP contribution in [0.3, 0.4) is 0 Å². The second kappa shape index (κ2) is 5.67. The summed E-state index contributed by atoms with van der Waals surface area (Å²) in [5.41, 5.74) is 2.10. The van der Waals surface area contributed by atoms with Crippen molar-refractivity contribution in [3.63, 3.8) is 0 Å². The second-order valence-electron chi connectivity index (χ2n) is 4.62. The van der Waals surface area contributed by atoms with E-state index < -0.39 is 0 Å². The molecular weight excluding hydrogens is 264 g/mol. The summed E-state index contributed by atoms with van der Waals surface area (Å²) in [7, 11) is 1.63. The molecule has 0 saturated heterocycles. The summed E-state index contributed by atoms with van der Waals surface area (Å²) < 4.78 is 10.6. The lowest BCUT2D eigenvalue weighted by molar-refractivity contribution is 0.415. The van der Waals surface area contributed by atoms with Crippen LogP contribution in [0.2, 0.25) is 0 Å². The smallest absolute Gasteiger partial charge is 0.199 e. The molecule has 21 heavy (non-hydrogen) atoms. The molecule has 0 aliphatic heterocycles. The molecule has 3 heteroatoms. The Kier molecular flexibility index (Phi) is 3.56. The molecule has 104 valence electrons. The third-order valence-corrected chi connectivity index (χ3v) is 3.28. The highest BCUT2D eigenvalue weighted by atomic mass is 16.5. The Morgan fingerprint density at radius 2 is 1.76 bits per heavy atom. The van der Waals surface area contributed by atoms with Crippen molar-refractivity contribution in [1.29, 1.82) is 0 Å². The number of hydrogen-bond donors (Lipinski definition) is 0. The van der Waals surface area contributed by atoms with E-state index in [-0.39, 0.29) is 5.43 Å². The molecule has 0 amide bonds. The molecule has 1 heterocycles. The normalized spacial score (nSPS) is 11.1. The van der Waals surface area contributed by atoms with Gasteiger partial charge in [0.05, 0.1) is 18.1 Å². The molecule has 0 atom stereocenters. The van der Waals surface area contributed by atoms with Gasteiger partial charge in [0.1, 0.15) is 17.6 Å². The van der Waals surface area contributed by atoms with Crippen LogP contribution < -0.4 is 10.2 Å². The number of ether oxygens (including phenoxy) is 1. The van der Waals surface area contributed by atoms with Gasteiger partial charge in [-0.1, -0.05) is 30.3 Å². The Hall–Kier alpha value is -2.81. The van der Waals surface area contributed by atoms with Crippen LogP contribution in [0.1, 0.15) is 11.1 Å². The van der Waals surface area contributed by atoms with E-state index >= 15 is 0 Å². The topological polar surface area (TPSA) is 39.4 Å². The predicted octanol–water partition coefficient (Wildman–Crippen LogP) is 3.97. The number of rotatable bonds is 3. The fourth-order valence-electron chi connectivity index (χ4n) is 2.11. The molecule has 3 nitrogen and oxygen atoms in total. The first-order valence-electron chi connectivity index (χ1n) is 6.60. The van der Waals surface area contributed by atoms with Crippen molar-refractivity contribution in [3.05, 3.63) is 76.1 Å². The SMILES string of the molecule is COc1ccc(/C=C/c2coc3ccccc3c2=O)cc1. The molecule has 0 aliphatic rings. The van der Waals surface area contributed by atoms with Crippen molar-refractivity contribution >= 4 is 23.1 Å². The maximum atomic E-state index is 12.3. The van der Waals surface area contributed by atoms with Gasteiger partial charge in [-0.2, -0.15) is 0 Å². The van der Waals surface area contributed by atoms with Gasteiger partial charge in [-0.05, 0) is 35.9 Å². The van der Waals surface area contributed by atoms with Crippen LogP contribution in [0.4, 0.5) is 0 Å². The van der Waals surface area contributed by atoms with Crippen molar-refractivity contribution < 1.29 is 9.15 Å². The van der Waals surface area contributed by atoms with E-state index in [9.17, 15) is 4.79 Å². The van der Waals surface area contributed by atoms with E-state index in [0.29, 0.717) is 16.5 Å². The molecule has 3 rings (SSSR count). The maximum Gasteiger partial charge on any atom is 0.199 e. The Morgan fingerprint density at radius 3 is 2.52 bits per heavy atom. The average Bonchev–Trinajstić information content (AvgIpc) is 2.55. The summed E-state index contributed by atoms with van der Waals surface area (Å²) in [4.78, 5) is 12.3. The molecule has 0 aliphatic carbocycles. The molecule has 3 aromatic rings. The molecule has 0 N–H and O–H groups in total. The number of fused-ring (bicyclic) bond motifs is 1. The highest BCUT2D eigenvalue weighted by Crippen LogP contribution is 2.15. The predicted molar refractivity (Wildman–Crippen MR) is 84.4 cm³/mol.